The Morgan fingerprint density at radius 2 is 2.00 bits per heavy atom. The molecule has 0 aliphatic rings. The van der Waals surface area contributed by atoms with E-state index in [0.717, 1.165) is 24.4 Å². The number of nitrogens with zero attached hydrogens (tertiary/aromatic N) is 7. The highest BCUT2D eigenvalue weighted by Crippen LogP contribution is 2.17. The summed E-state index contributed by atoms with van der Waals surface area (Å²) in [7, 11) is 0. The van der Waals surface area contributed by atoms with Crippen molar-refractivity contribution in [1.82, 2.24) is 35.6 Å². The Hall–Kier alpha value is -3.80. The molecule has 0 radical (unpaired) electrons. The summed E-state index contributed by atoms with van der Waals surface area (Å²) in [5.74, 6) is 0.478. The number of aromatic nitrogens is 5. The Kier molecular flexibility index (Phi) is 7.27. The second-order valence-corrected chi connectivity index (χ2v) is 6.43. The van der Waals surface area contributed by atoms with E-state index in [1.165, 1.54) is 10.9 Å². The first kappa shape index (κ1) is 21.9. The molecule has 0 saturated carbocycles. The molecule has 0 aliphatic carbocycles. The average Bonchev–Trinajstić information content (AvgIpc) is 3.38. The van der Waals surface area contributed by atoms with Gasteiger partial charge in [0.1, 0.15) is 5.75 Å². The molecule has 0 fully saturated rings. The average molecular weight is 427 g/mol. The van der Waals surface area contributed by atoms with E-state index in [4.69, 9.17) is 10.5 Å². The molecule has 0 unspecified atom stereocenters. The van der Waals surface area contributed by atoms with Gasteiger partial charge in [-0.25, -0.2) is 10.1 Å². The smallest absolute Gasteiger partial charge is 0.293 e. The fraction of sp³-hybridized carbons (Fsp3) is 0.368. The number of ether oxygens (including phenoxy) is 1. The van der Waals surface area contributed by atoms with Crippen molar-refractivity contribution in [2.24, 2.45) is 5.10 Å². The van der Waals surface area contributed by atoms with E-state index >= 15 is 0 Å². The van der Waals surface area contributed by atoms with Gasteiger partial charge in [0, 0.05) is 6.54 Å². The van der Waals surface area contributed by atoms with Crippen LogP contribution < -0.4 is 15.9 Å². The molecule has 0 bridgehead atoms. The first-order valence-corrected chi connectivity index (χ1v) is 9.88. The van der Waals surface area contributed by atoms with Crippen LogP contribution in [-0.4, -0.2) is 62.0 Å². The molecule has 0 saturated heterocycles. The molecule has 3 rings (SSSR count). The number of hydrazone groups is 1. The molecule has 0 atom stereocenters. The van der Waals surface area contributed by atoms with E-state index in [0.29, 0.717) is 18.8 Å². The summed E-state index contributed by atoms with van der Waals surface area (Å²) < 4.78 is 11.4. The van der Waals surface area contributed by atoms with Gasteiger partial charge in [-0.3, -0.25) is 9.69 Å². The minimum absolute atomic E-state index is 0.0474. The van der Waals surface area contributed by atoms with Crippen molar-refractivity contribution in [2.75, 3.05) is 25.4 Å². The zero-order valence-electron chi connectivity index (χ0n) is 17.6. The molecule has 31 heavy (non-hydrogen) atoms. The number of carbonyl (C=O) groups excluding carboxylic acids is 1. The lowest BCUT2D eigenvalue weighted by Gasteiger charge is -2.18. The molecule has 0 spiro atoms. The van der Waals surface area contributed by atoms with Gasteiger partial charge in [-0.1, -0.05) is 19.1 Å². The number of hydrogen-bond donors (Lipinski definition) is 2. The topological polar surface area (TPSA) is 150 Å². The van der Waals surface area contributed by atoms with Crippen LogP contribution in [-0.2, 0) is 6.54 Å². The molecule has 1 aromatic carbocycles. The minimum Gasteiger partial charge on any atom is -0.494 e. The second kappa shape index (κ2) is 10.3. The Morgan fingerprint density at radius 1 is 1.26 bits per heavy atom. The number of nitrogens with one attached hydrogen (secondary N) is 1. The number of nitrogens with two attached hydrogens (primary N) is 1. The highest BCUT2D eigenvalue weighted by atomic mass is 16.6. The largest absolute Gasteiger partial charge is 0.494 e. The summed E-state index contributed by atoms with van der Waals surface area (Å²) in [6, 6.07) is 7.33. The van der Waals surface area contributed by atoms with Gasteiger partial charge in [0.15, 0.2) is 5.69 Å². The highest BCUT2D eigenvalue weighted by molar-refractivity contribution is 5.94. The number of carbonyl (C=O) groups is 1. The van der Waals surface area contributed by atoms with E-state index in [2.05, 4.69) is 40.7 Å². The fourth-order valence-corrected chi connectivity index (χ4v) is 2.82. The van der Waals surface area contributed by atoms with Crippen molar-refractivity contribution in [2.45, 2.75) is 27.3 Å². The third-order valence-electron chi connectivity index (χ3n) is 4.51. The number of benzene rings is 1. The molecule has 2 heterocycles. The van der Waals surface area contributed by atoms with Crippen molar-refractivity contribution in [3.05, 3.63) is 41.2 Å². The van der Waals surface area contributed by atoms with Crippen LogP contribution in [0.25, 0.3) is 5.82 Å². The maximum Gasteiger partial charge on any atom is 0.293 e. The molecule has 0 aliphatic heterocycles. The summed E-state index contributed by atoms with van der Waals surface area (Å²) in [5.41, 5.74) is 9.69. The van der Waals surface area contributed by atoms with Crippen LogP contribution in [0.1, 0.15) is 42.5 Å². The molecule has 12 nitrogen and oxygen atoms in total. The van der Waals surface area contributed by atoms with Crippen LogP contribution in [0, 0.1) is 0 Å². The molecular formula is C19H25N9O3. The van der Waals surface area contributed by atoms with Gasteiger partial charge in [-0.15, -0.1) is 5.10 Å². The molecule has 164 valence electrons. The summed E-state index contributed by atoms with van der Waals surface area (Å²) >= 11 is 0. The van der Waals surface area contributed by atoms with E-state index < -0.39 is 5.91 Å². The van der Waals surface area contributed by atoms with E-state index in [-0.39, 0.29) is 17.3 Å². The Labute approximate surface area is 179 Å². The monoisotopic (exact) mass is 427 g/mol. The van der Waals surface area contributed by atoms with Gasteiger partial charge < -0.3 is 10.5 Å². The SMILES string of the molecule is CCOc1ccc(/C=N\NC(=O)c2nnn(-c3nonc3N)c2CN(CC)CC)cc1. The summed E-state index contributed by atoms with van der Waals surface area (Å²) in [6.07, 6.45) is 1.53. The molecule has 2 aromatic heterocycles. The standard InChI is InChI=1S/C19H25N9O3/c1-4-27(5-2)12-15-16(22-26-28(15)18-17(20)24-31-25-18)19(29)23-21-11-13-7-9-14(10-8-13)30-6-3/h7-11H,4-6,12H2,1-3H3,(H2,20,24)(H,23,29)/b21-11-. The predicted octanol–water partition coefficient (Wildman–Crippen LogP) is 1.24. The third kappa shape index (κ3) is 5.22. The van der Waals surface area contributed by atoms with Crippen molar-refractivity contribution in [3.8, 4) is 11.6 Å². The van der Waals surface area contributed by atoms with Gasteiger partial charge in [0.25, 0.3) is 5.91 Å². The summed E-state index contributed by atoms with van der Waals surface area (Å²) in [4.78, 5) is 14.8. The van der Waals surface area contributed by atoms with Crippen LogP contribution in [0.2, 0.25) is 0 Å². The summed E-state index contributed by atoms with van der Waals surface area (Å²) in [5, 5.41) is 19.4. The number of amides is 1. The van der Waals surface area contributed by atoms with Gasteiger partial charge in [-0.2, -0.15) is 9.78 Å². The van der Waals surface area contributed by atoms with Crippen molar-refractivity contribution in [3.63, 3.8) is 0 Å². The molecular weight excluding hydrogens is 402 g/mol. The third-order valence-corrected chi connectivity index (χ3v) is 4.51. The molecule has 3 aromatic rings. The molecule has 1 amide bonds. The zero-order valence-corrected chi connectivity index (χ0v) is 17.6. The summed E-state index contributed by atoms with van der Waals surface area (Å²) in [6.45, 7) is 8.49. The van der Waals surface area contributed by atoms with Gasteiger partial charge in [0.05, 0.1) is 18.5 Å². The first-order valence-electron chi connectivity index (χ1n) is 9.88. The van der Waals surface area contributed by atoms with Crippen molar-refractivity contribution < 1.29 is 14.2 Å². The normalized spacial score (nSPS) is 11.4. The van der Waals surface area contributed by atoms with Crippen LogP contribution in [0.4, 0.5) is 5.82 Å². The van der Waals surface area contributed by atoms with Crippen LogP contribution >= 0.6 is 0 Å². The van der Waals surface area contributed by atoms with Crippen LogP contribution in [0.5, 0.6) is 5.75 Å². The molecule has 12 heteroatoms. The maximum absolute atomic E-state index is 12.8. The van der Waals surface area contributed by atoms with E-state index in [1.54, 1.807) is 0 Å². The second-order valence-electron chi connectivity index (χ2n) is 6.43. The molecule has 3 N–H and O–H groups in total. The number of rotatable bonds is 10. The lowest BCUT2D eigenvalue weighted by Crippen LogP contribution is -2.27. The predicted molar refractivity (Wildman–Crippen MR) is 113 cm³/mol. The Morgan fingerprint density at radius 3 is 2.61 bits per heavy atom. The Balaban J connectivity index is 1.79. The van der Waals surface area contributed by atoms with Crippen LogP contribution in [0.15, 0.2) is 34.0 Å². The fourth-order valence-electron chi connectivity index (χ4n) is 2.82. The maximum atomic E-state index is 12.8. The van der Waals surface area contributed by atoms with Crippen molar-refractivity contribution >= 4 is 17.9 Å². The minimum atomic E-state index is -0.509. The first-order chi connectivity index (χ1) is 15.1. The number of hydrogen-bond acceptors (Lipinski definition) is 10. The number of anilines is 1. The zero-order chi connectivity index (χ0) is 22.2. The van der Waals surface area contributed by atoms with Gasteiger partial charge in [-0.05, 0) is 60.2 Å². The van der Waals surface area contributed by atoms with Crippen LogP contribution in [0.3, 0.4) is 0 Å². The lowest BCUT2D eigenvalue weighted by atomic mass is 10.2. The Bertz CT molecular complexity index is 1020. The quantitative estimate of drug-likeness (QED) is 0.360. The highest BCUT2D eigenvalue weighted by Gasteiger charge is 2.24. The van der Waals surface area contributed by atoms with Gasteiger partial charge >= 0.3 is 0 Å². The lowest BCUT2D eigenvalue weighted by molar-refractivity contribution is 0.0948. The van der Waals surface area contributed by atoms with Gasteiger partial charge in [0.2, 0.25) is 11.6 Å². The number of nitrogen functional groups attached to an aromatic ring is 1. The van der Waals surface area contributed by atoms with E-state index in [1.807, 2.05) is 45.0 Å². The van der Waals surface area contributed by atoms with E-state index in [9.17, 15) is 4.79 Å². The van der Waals surface area contributed by atoms with Crippen molar-refractivity contribution in [1.29, 1.82) is 0 Å².